The van der Waals surface area contributed by atoms with E-state index in [2.05, 4.69) is 11.9 Å². The summed E-state index contributed by atoms with van der Waals surface area (Å²) in [7, 11) is 2.23. The van der Waals surface area contributed by atoms with E-state index in [4.69, 9.17) is 4.74 Å². The molecular formula is C11H21NO. The zero-order chi connectivity index (χ0) is 9.10. The SMILES string of the molecule is CN(CC1CCCCC1)CC1CO1. The number of hydrogen-bond donors (Lipinski definition) is 0. The molecule has 0 aromatic carbocycles. The minimum Gasteiger partial charge on any atom is -0.372 e. The summed E-state index contributed by atoms with van der Waals surface area (Å²) in [6, 6.07) is 0. The third kappa shape index (κ3) is 3.28. The number of epoxide rings is 1. The molecule has 0 N–H and O–H groups in total. The first-order valence-electron chi connectivity index (χ1n) is 5.65. The molecule has 1 saturated carbocycles. The summed E-state index contributed by atoms with van der Waals surface area (Å²) in [4.78, 5) is 2.45. The molecule has 0 aromatic heterocycles. The monoisotopic (exact) mass is 183 g/mol. The third-order valence-electron chi connectivity index (χ3n) is 3.21. The van der Waals surface area contributed by atoms with E-state index in [0.29, 0.717) is 6.10 Å². The largest absolute Gasteiger partial charge is 0.372 e. The lowest BCUT2D eigenvalue weighted by molar-refractivity contribution is 0.217. The van der Waals surface area contributed by atoms with Crippen molar-refractivity contribution in [3.63, 3.8) is 0 Å². The molecule has 0 amide bonds. The average Bonchev–Trinajstić information content (AvgIpc) is 2.90. The summed E-state index contributed by atoms with van der Waals surface area (Å²) in [6.45, 7) is 3.44. The molecule has 1 atom stereocenters. The van der Waals surface area contributed by atoms with Gasteiger partial charge in [0.15, 0.2) is 0 Å². The van der Waals surface area contributed by atoms with E-state index < -0.39 is 0 Å². The molecule has 0 aromatic rings. The first kappa shape index (κ1) is 9.47. The van der Waals surface area contributed by atoms with Crippen molar-refractivity contribution in [2.24, 2.45) is 5.92 Å². The van der Waals surface area contributed by atoms with Crippen LogP contribution in [-0.2, 0) is 4.74 Å². The van der Waals surface area contributed by atoms with Crippen molar-refractivity contribution in [2.75, 3.05) is 26.7 Å². The predicted octanol–water partition coefficient (Wildman–Crippen LogP) is 1.90. The van der Waals surface area contributed by atoms with Crippen molar-refractivity contribution < 1.29 is 4.74 Å². The number of nitrogens with zero attached hydrogens (tertiary/aromatic N) is 1. The highest BCUT2D eigenvalue weighted by molar-refractivity contribution is 4.75. The van der Waals surface area contributed by atoms with Gasteiger partial charge in [0.25, 0.3) is 0 Å². The highest BCUT2D eigenvalue weighted by atomic mass is 16.6. The van der Waals surface area contributed by atoms with Gasteiger partial charge in [-0.25, -0.2) is 0 Å². The summed E-state index contributed by atoms with van der Waals surface area (Å²) in [6.07, 6.45) is 7.85. The van der Waals surface area contributed by atoms with Crippen molar-refractivity contribution in [3.8, 4) is 0 Å². The molecule has 0 bridgehead atoms. The zero-order valence-electron chi connectivity index (χ0n) is 8.67. The Morgan fingerprint density at radius 1 is 1.15 bits per heavy atom. The van der Waals surface area contributed by atoms with Crippen LogP contribution in [0.25, 0.3) is 0 Å². The molecule has 0 spiro atoms. The van der Waals surface area contributed by atoms with Gasteiger partial charge in [-0.3, -0.25) is 0 Å². The zero-order valence-corrected chi connectivity index (χ0v) is 8.67. The van der Waals surface area contributed by atoms with Gasteiger partial charge in [0.05, 0.1) is 12.7 Å². The molecule has 13 heavy (non-hydrogen) atoms. The third-order valence-corrected chi connectivity index (χ3v) is 3.21. The maximum atomic E-state index is 5.23. The Bertz CT molecular complexity index is 150. The van der Waals surface area contributed by atoms with Gasteiger partial charge in [0.2, 0.25) is 0 Å². The molecular weight excluding hydrogens is 162 g/mol. The van der Waals surface area contributed by atoms with E-state index in [1.165, 1.54) is 38.6 Å². The van der Waals surface area contributed by atoms with Gasteiger partial charge >= 0.3 is 0 Å². The van der Waals surface area contributed by atoms with E-state index in [1.54, 1.807) is 0 Å². The normalized spacial score (nSPS) is 29.5. The van der Waals surface area contributed by atoms with E-state index >= 15 is 0 Å². The number of ether oxygens (including phenoxy) is 1. The van der Waals surface area contributed by atoms with Crippen LogP contribution in [0, 0.1) is 5.92 Å². The lowest BCUT2D eigenvalue weighted by atomic mass is 9.89. The molecule has 76 valence electrons. The van der Waals surface area contributed by atoms with E-state index in [9.17, 15) is 0 Å². The van der Waals surface area contributed by atoms with Gasteiger partial charge in [0, 0.05) is 13.1 Å². The molecule has 1 heterocycles. The molecule has 0 radical (unpaired) electrons. The van der Waals surface area contributed by atoms with Crippen LogP contribution in [0.5, 0.6) is 0 Å². The van der Waals surface area contributed by atoms with Gasteiger partial charge in [0.1, 0.15) is 0 Å². The second-order valence-corrected chi connectivity index (χ2v) is 4.68. The molecule has 1 aliphatic carbocycles. The number of hydrogen-bond acceptors (Lipinski definition) is 2. The van der Waals surface area contributed by atoms with Crippen molar-refractivity contribution >= 4 is 0 Å². The molecule has 2 heteroatoms. The quantitative estimate of drug-likeness (QED) is 0.619. The highest BCUT2D eigenvalue weighted by Crippen LogP contribution is 2.24. The molecule has 1 saturated heterocycles. The van der Waals surface area contributed by atoms with Crippen LogP contribution in [0.15, 0.2) is 0 Å². The predicted molar refractivity (Wildman–Crippen MR) is 53.8 cm³/mol. The highest BCUT2D eigenvalue weighted by Gasteiger charge is 2.25. The first-order chi connectivity index (χ1) is 6.34. The van der Waals surface area contributed by atoms with Gasteiger partial charge in [-0.1, -0.05) is 19.3 Å². The van der Waals surface area contributed by atoms with Crippen molar-refractivity contribution in [1.29, 1.82) is 0 Å². The van der Waals surface area contributed by atoms with Crippen LogP contribution in [-0.4, -0.2) is 37.7 Å². The van der Waals surface area contributed by atoms with Gasteiger partial charge < -0.3 is 9.64 Å². The van der Waals surface area contributed by atoms with Crippen LogP contribution in [0.1, 0.15) is 32.1 Å². The van der Waals surface area contributed by atoms with Crippen LogP contribution >= 0.6 is 0 Å². The Morgan fingerprint density at radius 2 is 1.85 bits per heavy atom. The summed E-state index contributed by atoms with van der Waals surface area (Å²) in [5, 5.41) is 0. The smallest absolute Gasteiger partial charge is 0.0936 e. The lowest BCUT2D eigenvalue weighted by Crippen LogP contribution is -2.30. The van der Waals surface area contributed by atoms with Crippen molar-refractivity contribution in [2.45, 2.75) is 38.2 Å². The standard InChI is InChI=1S/C11H21NO/c1-12(8-11-9-13-11)7-10-5-3-2-4-6-10/h10-11H,2-9H2,1H3. The molecule has 2 rings (SSSR count). The van der Waals surface area contributed by atoms with Crippen LogP contribution in [0.4, 0.5) is 0 Å². The topological polar surface area (TPSA) is 15.8 Å². The van der Waals surface area contributed by atoms with E-state index in [-0.39, 0.29) is 0 Å². The second-order valence-electron chi connectivity index (χ2n) is 4.68. The fourth-order valence-electron chi connectivity index (χ4n) is 2.41. The second kappa shape index (κ2) is 4.43. The van der Waals surface area contributed by atoms with Gasteiger partial charge in [-0.2, -0.15) is 0 Å². The summed E-state index contributed by atoms with van der Waals surface area (Å²) in [5.74, 6) is 0.970. The molecule has 2 aliphatic rings. The Labute approximate surface area is 81.3 Å². The van der Waals surface area contributed by atoms with Gasteiger partial charge in [-0.05, 0) is 25.8 Å². The van der Waals surface area contributed by atoms with Crippen molar-refractivity contribution in [3.05, 3.63) is 0 Å². The Morgan fingerprint density at radius 3 is 2.46 bits per heavy atom. The molecule has 2 nitrogen and oxygen atoms in total. The van der Waals surface area contributed by atoms with E-state index in [0.717, 1.165) is 19.1 Å². The first-order valence-corrected chi connectivity index (χ1v) is 5.65. The number of likely N-dealkylation sites (N-methyl/N-ethyl adjacent to an activating group) is 1. The van der Waals surface area contributed by atoms with Crippen molar-refractivity contribution in [1.82, 2.24) is 4.90 Å². The fraction of sp³-hybridized carbons (Fsp3) is 1.00. The summed E-state index contributed by atoms with van der Waals surface area (Å²) in [5.41, 5.74) is 0. The van der Waals surface area contributed by atoms with Gasteiger partial charge in [-0.15, -0.1) is 0 Å². The minimum absolute atomic E-state index is 0.564. The van der Waals surface area contributed by atoms with Crippen LogP contribution < -0.4 is 0 Å². The Kier molecular flexibility index (Phi) is 3.23. The maximum Gasteiger partial charge on any atom is 0.0936 e. The van der Waals surface area contributed by atoms with Crippen LogP contribution in [0.2, 0.25) is 0 Å². The maximum absolute atomic E-state index is 5.23. The lowest BCUT2D eigenvalue weighted by Gasteiger charge is -2.26. The molecule has 2 fully saturated rings. The molecule has 1 aliphatic heterocycles. The summed E-state index contributed by atoms with van der Waals surface area (Å²) < 4.78 is 5.23. The fourth-order valence-corrected chi connectivity index (χ4v) is 2.41. The number of rotatable bonds is 4. The minimum atomic E-state index is 0.564. The molecule has 1 unspecified atom stereocenters. The Hall–Kier alpha value is -0.0800. The van der Waals surface area contributed by atoms with E-state index in [1.807, 2.05) is 0 Å². The van der Waals surface area contributed by atoms with Crippen LogP contribution in [0.3, 0.4) is 0 Å². The Balaban J connectivity index is 1.62. The average molecular weight is 183 g/mol. The summed E-state index contributed by atoms with van der Waals surface area (Å²) >= 11 is 0.